The number of rotatable bonds is 5. The molecule has 0 aliphatic carbocycles. The molecule has 16 heavy (non-hydrogen) atoms. The van der Waals surface area contributed by atoms with E-state index in [0.717, 1.165) is 31.3 Å². The molecule has 2 rings (SSSR count). The van der Waals surface area contributed by atoms with Crippen molar-refractivity contribution in [2.45, 2.75) is 50.7 Å². The van der Waals surface area contributed by atoms with Crippen molar-refractivity contribution in [1.82, 2.24) is 10.2 Å². The van der Waals surface area contributed by atoms with Gasteiger partial charge in [-0.2, -0.15) is 0 Å². The lowest BCUT2D eigenvalue weighted by Gasteiger charge is -2.37. The minimum atomic E-state index is 0.627. The van der Waals surface area contributed by atoms with Crippen LogP contribution < -0.4 is 5.32 Å². The third kappa shape index (κ3) is 2.76. The molecule has 0 radical (unpaired) electrons. The highest BCUT2D eigenvalue weighted by molar-refractivity contribution is 4.95. The first kappa shape index (κ1) is 12.3. The summed E-state index contributed by atoms with van der Waals surface area (Å²) in [6, 6.07) is 2.43. The predicted molar refractivity (Wildman–Crippen MR) is 66.6 cm³/mol. The second-order valence-corrected chi connectivity index (χ2v) is 5.69. The van der Waals surface area contributed by atoms with Gasteiger partial charge in [0.05, 0.1) is 0 Å². The smallest absolute Gasteiger partial charge is 0.0499 e. The van der Waals surface area contributed by atoms with Crippen LogP contribution in [0.15, 0.2) is 0 Å². The molecule has 0 aromatic carbocycles. The van der Waals surface area contributed by atoms with Crippen molar-refractivity contribution in [3.05, 3.63) is 0 Å². The van der Waals surface area contributed by atoms with Crippen molar-refractivity contribution in [1.29, 1.82) is 0 Å². The second kappa shape index (κ2) is 5.48. The first-order chi connectivity index (χ1) is 7.70. The van der Waals surface area contributed by atoms with E-state index in [1.165, 1.54) is 25.7 Å². The summed E-state index contributed by atoms with van der Waals surface area (Å²) in [4.78, 5) is 2.59. The molecular weight excluding hydrogens is 200 g/mol. The molecule has 0 aromatic rings. The number of hydrogen-bond acceptors (Lipinski definition) is 3. The van der Waals surface area contributed by atoms with Gasteiger partial charge in [-0.05, 0) is 38.6 Å². The van der Waals surface area contributed by atoms with Gasteiger partial charge in [-0.15, -0.1) is 0 Å². The Balaban J connectivity index is 1.72. The molecule has 2 fully saturated rings. The SMILES string of the molecule is COCC(C)CNC1CC2CCC(C1)N2C. The molecule has 2 bridgehead atoms. The maximum absolute atomic E-state index is 5.17. The second-order valence-electron chi connectivity index (χ2n) is 5.69. The van der Waals surface area contributed by atoms with Crippen LogP contribution in [0.25, 0.3) is 0 Å². The summed E-state index contributed by atoms with van der Waals surface area (Å²) in [5, 5.41) is 3.72. The van der Waals surface area contributed by atoms with E-state index in [4.69, 9.17) is 4.74 Å². The number of piperidine rings is 1. The van der Waals surface area contributed by atoms with Crippen molar-refractivity contribution < 1.29 is 4.74 Å². The van der Waals surface area contributed by atoms with E-state index in [2.05, 4.69) is 24.2 Å². The van der Waals surface area contributed by atoms with Crippen LogP contribution in [-0.2, 0) is 4.74 Å². The van der Waals surface area contributed by atoms with Gasteiger partial charge in [0.2, 0.25) is 0 Å². The number of fused-ring (bicyclic) bond motifs is 2. The topological polar surface area (TPSA) is 24.5 Å². The first-order valence-corrected chi connectivity index (χ1v) is 6.65. The minimum Gasteiger partial charge on any atom is -0.384 e. The predicted octanol–water partition coefficient (Wildman–Crippen LogP) is 1.48. The molecule has 3 nitrogen and oxygen atoms in total. The van der Waals surface area contributed by atoms with Gasteiger partial charge in [-0.1, -0.05) is 6.92 Å². The first-order valence-electron chi connectivity index (χ1n) is 6.65. The Kier molecular flexibility index (Phi) is 4.22. The van der Waals surface area contributed by atoms with Crippen molar-refractivity contribution >= 4 is 0 Å². The quantitative estimate of drug-likeness (QED) is 0.768. The molecule has 2 heterocycles. The molecule has 3 heteroatoms. The highest BCUT2D eigenvalue weighted by Gasteiger charge is 2.38. The lowest BCUT2D eigenvalue weighted by Crippen LogP contribution is -2.48. The molecule has 94 valence electrons. The Labute approximate surface area is 99.5 Å². The average molecular weight is 226 g/mol. The summed E-state index contributed by atoms with van der Waals surface area (Å²) in [6.45, 7) is 4.22. The molecule has 2 aliphatic heterocycles. The van der Waals surface area contributed by atoms with Gasteiger partial charge in [-0.25, -0.2) is 0 Å². The monoisotopic (exact) mass is 226 g/mol. The number of nitrogens with one attached hydrogen (secondary N) is 1. The normalized spacial score (nSPS) is 36.6. The molecular formula is C13H26N2O. The Morgan fingerprint density at radius 3 is 2.50 bits per heavy atom. The van der Waals surface area contributed by atoms with E-state index >= 15 is 0 Å². The van der Waals surface area contributed by atoms with E-state index in [1.807, 2.05) is 0 Å². The van der Waals surface area contributed by atoms with Crippen LogP contribution in [0.1, 0.15) is 32.6 Å². The molecule has 3 unspecified atom stereocenters. The van der Waals surface area contributed by atoms with E-state index in [9.17, 15) is 0 Å². The van der Waals surface area contributed by atoms with Gasteiger partial charge in [0, 0.05) is 38.4 Å². The zero-order valence-corrected chi connectivity index (χ0v) is 10.9. The van der Waals surface area contributed by atoms with E-state index in [-0.39, 0.29) is 0 Å². The van der Waals surface area contributed by atoms with Crippen molar-refractivity contribution in [3.8, 4) is 0 Å². The van der Waals surface area contributed by atoms with Gasteiger partial charge in [0.25, 0.3) is 0 Å². The van der Waals surface area contributed by atoms with Crippen LogP contribution in [0.4, 0.5) is 0 Å². The van der Waals surface area contributed by atoms with Gasteiger partial charge < -0.3 is 15.0 Å². The molecule has 2 saturated heterocycles. The molecule has 2 aliphatic rings. The Morgan fingerprint density at radius 1 is 1.31 bits per heavy atom. The molecule has 0 amide bonds. The Morgan fingerprint density at radius 2 is 1.94 bits per heavy atom. The zero-order chi connectivity index (χ0) is 11.5. The van der Waals surface area contributed by atoms with Crippen molar-refractivity contribution in [2.24, 2.45) is 5.92 Å². The molecule has 0 saturated carbocycles. The van der Waals surface area contributed by atoms with E-state index in [0.29, 0.717) is 5.92 Å². The number of hydrogen-bond donors (Lipinski definition) is 1. The fraction of sp³-hybridized carbons (Fsp3) is 1.00. The Bertz CT molecular complexity index is 208. The largest absolute Gasteiger partial charge is 0.384 e. The lowest BCUT2D eigenvalue weighted by atomic mass is 9.97. The third-order valence-electron chi connectivity index (χ3n) is 4.30. The van der Waals surface area contributed by atoms with Crippen LogP contribution in [0.3, 0.4) is 0 Å². The van der Waals surface area contributed by atoms with Crippen molar-refractivity contribution in [3.63, 3.8) is 0 Å². The fourth-order valence-corrected chi connectivity index (χ4v) is 3.29. The van der Waals surface area contributed by atoms with Crippen LogP contribution in [0.2, 0.25) is 0 Å². The average Bonchev–Trinajstić information content (AvgIpc) is 2.52. The van der Waals surface area contributed by atoms with Crippen LogP contribution in [-0.4, -0.2) is 50.3 Å². The maximum Gasteiger partial charge on any atom is 0.0499 e. The third-order valence-corrected chi connectivity index (χ3v) is 4.30. The zero-order valence-electron chi connectivity index (χ0n) is 10.9. The highest BCUT2D eigenvalue weighted by atomic mass is 16.5. The number of nitrogens with zero attached hydrogens (tertiary/aromatic N) is 1. The fourth-order valence-electron chi connectivity index (χ4n) is 3.29. The maximum atomic E-state index is 5.17. The standard InChI is InChI=1S/C13H26N2O/c1-10(9-16-3)8-14-11-6-12-4-5-13(7-11)15(12)2/h10-14H,4-9H2,1-3H3. The van der Waals surface area contributed by atoms with E-state index in [1.54, 1.807) is 7.11 Å². The molecule has 1 N–H and O–H groups in total. The van der Waals surface area contributed by atoms with Crippen LogP contribution in [0, 0.1) is 5.92 Å². The minimum absolute atomic E-state index is 0.627. The van der Waals surface area contributed by atoms with Gasteiger partial charge in [0.15, 0.2) is 0 Å². The summed E-state index contributed by atoms with van der Waals surface area (Å²) in [6.07, 6.45) is 5.50. The van der Waals surface area contributed by atoms with Gasteiger partial charge in [0.1, 0.15) is 0 Å². The van der Waals surface area contributed by atoms with Gasteiger partial charge in [-0.3, -0.25) is 0 Å². The summed E-state index contributed by atoms with van der Waals surface area (Å²) < 4.78 is 5.17. The lowest BCUT2D eigenvalue weighted by molar-refractivity contribution is 0.133. The summed E-state index contributed by atoms with van der Waals surface area (Å²) >= 11 is 0. The summed E-state index contributed by atoms with van der Waals surface area (Å²) in [7, 11) is 4.08. The number of methoxy groups -OCH3 is 1. The Hall–Kier alpha value is -0.120. The molecule has 3 atom stereocenters. The number of ether oxygens (including phenoxy) is 1. The van der Waals surface area contributed by atoms with Gasteiger partial charge >= 0.3 is 0 Å². The van der Waals surface area contributed by atoms with Crippen LogP contribution >= 0.6 is 0 Å². The molecule has 0 spiro atoms. The summed E-state index contributed by atoms with van der Waals surface area (Å²) in [5.41, 5.74) is 0. The summed E-state index contributed by atoms with van der Waals surface area (Å²) in [5.74, 6) is 0.627. The van der Waals surface area contributed by atoms with E-state index < -0.39 is 0 Å². The van der Waals surface area contributed by atoms with Crippen molar-refractivity contribution in [2.75, 3.05) is 27.3 Å². The molecule has 0 aromatic heterocycles. The van der Waals surface area contributed by atoms with Crippen LogP contribution in [0.5, 0.6) is 0 Å². The highest BCUT2D eigenvalue weighted by Crippen LogP contribution is 2.34.